The van der Waals surface area contributed by atoms with Crippen LogP contribution in [0.2, 0.25) is 0 Å². The molecule has 0 spiro atoms. The topological polar surface area (TPSA) is 194 Å². The molecule has 7 N–H and O–H groups in total. The average molecular weight is 390 g/mol. The molecule has 0 aliphatic rings. The van der Waals surface area contributed by atoms with Crippen LogP contribution in [0.4, 0.5) is 0 Å². The Bertz CT molecular complexity index is 557. The number of aliphatic carboxylic acids is 1. The fourth-order valence-electron chi connectivity index (χ4n) is 2.23. The van der Waals surface area contributed by atoms with Crippen LogP contribution in [-0.2, 0) is 16.0 Å². The predicted molar refractivity (Wildman–Crippen MR) is 89.5 cm³/mol. The Labute approximate surface area is 155 Å². The minimum absolute atomic E-state index is 0.0101. The van der Waals surface area contributed by atoms with E-state index in [4.69, 9.17) is 20.1 Å². The highest BCUT2D eigenvalue weighted by Crippen LogP contribution is 2.23. The van der Waals surface area contributed by atoms with Crippen molar-refractivity contribution in [3.05, 3.63) is 23.8 Å². The second-order valence-corrected chi connectivity index (χ2v) is 5.98. The Morgan fingerprint density at radius 2 is 1.63 bits per heavy atom. The quantitative estimate of drug-likeness (QED) is 0.186. The van der Waals surface area contributed by atoms with Crippen molar-refractivity contribution in [2.24, 2.45) is 0 Å². The monoisotopic (exact) mass is 390 g/mol. The lowest BCUT2D eigenvalue weighted by atomic mass is 10.1. The highest BCUT2D eigenvalue weighted by molar-refractivity contribution is 5.66. The molecule has 1 aromatic heterocycles. The minimum atomic E-state index is -1.36. The Hall–Kier alpha value is -1.73. The number of carboxylic acids is 1. The third-order valence-electron chi connectivity index (χ3n) is 3.86. The summed E-state index contributed by atoms with van der Waals surface area (Å²) < 4.78 is 5.52. The van der Waals surface area contributed by atoms with Crippen molar-refractivity contribution < 1.29 is 45.3 Å². The summed E-state index contributed by atoms with van der Waals surface area (Å²) in [5, 5.41) is 64.7. The van der Waals surface area contributed by atoms with Gasteiger partial charge in [0.1, 0.15) is 24.4 Å². The van der Waals surface area contributed by atoms with Crippen molar-refractivity contribution in [1.82, 2.24) is 9.97 Å². The largest absolute Gasteiger partial charge is 0.481 e. The number of aromatic nitrogens is 2. The van der Waals surface area contributed by atoms with Gasteiger partial charge in [-0.2, -0.15) is 0 Å². The molecule has 11 nitrogen and oxygen atoms in total. The molecule has 0 aromatic carbocycles. The number of carbonyl (C=O) groups is 1. The van der Waals surface area contributed by atoms with E-state index in [1.54, 1.807) is 0 Å². The van der Waals surface area contributed by atoms with Crippen LogP contribution in [0, 0.1) is 0 Å². The summed E-state index contributed by atoms with van der Waals surface area (Å²) in [5.74, 6) is -1.07. The highest BCUT2D eigenvalue weighted by Gasteiger charge is 2.26. The van der Waals surface area contributed by atoms with Crippen molar-refractivity contribution in [3.63, 3.8) is 0 Å². The number of aliphatic hydroxyl groups excluding tert-OH is 6. The lowest BCUT2D eigenvalue weighted by Gasteiger charge is -2.25. The fourth-order valence-corrected chi connectivity index (χ4v) is 2.23. The molecule has 154 valence electrons. The minimum Gasteiger partial charge on any atom is -0.481 e. The van der Waals surface area contributed by atoms with Gasteiger partial charge in [0, 0.05) is 19.0 Å². The number of nitrogens with zero attached hydrogens (tertiary/aromatic N) is 2. The molecule has 0 aliphatic carbocycles. The van der Waals surface area contributed by atoms with E-state index >= 15 is 0 Å². The standard InChI is InChI=1S/C16H26N2O9/c19-6-12(23)11(22)3-9-4-18-10(5-17-9)14(1-2-16(25)26)27-15(8-21)13(24)7-20/h4-5,11-15,19-24H,1-3,6-8H2,(H,25,26)/t11-,12+,13+,14+,15-/m0/s1. The molecular formula is C16H26N2O9. The van der Waals surface area contributed by atoms with Crippen LogP contribution in [0.25, 0.3) is 0 Å². The van der Waals surface area contributed by atoms with E-state index in [-0.39, 0.29) is 25.0 Å². The second-order valence-electron chi connectivity index (χ2n) is 5.98. The molecule has 0 unspecified atom stereocenters. The van der Waals surface area contributed by atoms with E-state index in [9.17, 15) is 25.2 Å². The van der Waals surface area contributed by atoms with Crippen LogP contribution in [-0.4, -0.2) is 95.9 Å². The Morgan fingerprint density at radius 3 is 2.11 bits per heavy atom. The zero-order chi connectivity index (χ0) is 20.4. The van der Waals surface area contributed by atoms with Crippen LogP contribution < -0.4 is 0 Å². The molecule has 0 bridgehead atoms. The first-order valence-electron chi connectivity index (χ1n) is 8.37. The molecule has 0 radical (unpaired) electrons. The van der Waals surface area contributed by atoms with Crippen molar-refractivity contribution in [2.75, 3.05) is 19.8 Å². The summed E-state index contributed by atoms with van der Waals surface area (Å²) in [7, 11) is 0. The smallest absolute Gasteiger partial charge is 0.303 e. The molecule has 1 heterocycles. The summed E-state index contributed by atoms with van der Waals surface area (Å²) in [6, 6.07) is 0. The first-order chi connectivity index (χ1) is 12.8. The van der Waals surface area contributed by atoms with Gasteiger partial charge in [-0.25, -0.2) is 0 Å². The summed E-state index contributed by atoms with van der Waals surface area (Å²) in [6.07, 6.45) is -3.69. The third kappa shape index (κ3) is 7.81. The second kappa shape index (κ2) is 11.9. The summed E-state index contributed by atoms with van der Waals surface area (Å²) >= 11 is 0. The van der Waals surface area contributed by atoms with E-state index in [0.717, 1.165) is 0 Å². The van der Waals surface area contributed by atoms with Gasteiger partial charge in [-0.3, -0.25) is 14.8 Å². The Morgan fingerprint density at radius 1 is 0.963 bits per heavy atom. The molecule has 1 rings (SSSR count). The molecule has 27 heavy (non-hydrogen) atoms. The van der Waals surface area contributed by atoms with Gasteiger partial charge in [0.25, 0.3) is 0 Å². The van der Waals surface area contributed by atoms with E-state index in [2.05, 4.69) is 9.97 Å². The Kier molecular flexibility index (Phi) is 10.3. The van der Waals surface area contributed by atoms with Crippen LogP contribution in [0.5, 0.6) is 0 Å². The van der Waals surface area contributed by atoms with Crippen molar-refractivity contribution in [2.45, 2.75) is 49.8 Å². The molecule has 0 aliphatic heterocycles. The average Bonchev–Trinajstić information content (AvgIpc) is 2.67. The number of hydrogen-bond acceptors (Lipinski definition) is 10. The van der Waals surface area contributed by atoms with Gasteiger partial charge in [0.2, 0.25) is 0 Å². The van der Waals surface area contributed by atoms with Gasteiger partial charge >= 0.3 is 5.97 Å². The summed E-state index contributed by atoms with van der Waals surface area (Å²) in [5.41, 5.74) is 0.561. The molecule has 0 amide bonds. The summed E-state index contributed by atoms with van der Waals surface area (Å²) in [6.45, 7) is -1.85. The molecular weight excluding hydrogens is 364 g/mol. The zero-order valence-electron chi connectivity index (χ0n) is 14.6. The van der Waals surface area contributed by atoms with Gasteiger partial charge in [0.15, 0.2) is 0 Å². The number of carboxylic acid groups (broad SMARTS) is 1. The Balaban J connectivity index is 2.89. The maximum Gasteiger partial charge on any atom is 0.303 e. The fraction of sp³-hybridized carbons (Fsp3) is 0.688. The van der Waals surface area contributed by atoms with Gasteiger partial charge in [-0.1, -0.05) is 0 Å². The number of ether oxygens (including phenoxy) is 1. The number of hydrogen-bond donors (Lipinski definition) is 7. The normalized spacial score (nSPS) is 17.1. The number of rotatable bonds is 13. The van der Waals surface area contributed by atoms with Crippen molar-refractivity contribution in [3.8, 4) is 0 Å². The van der Waals surface area contributed by atoms with E-state index in [1.165, 1.54) is 12.4 Å². The van der Waals surface area contributed by atoms with Crippen molar-refractivity contribution >= 4 is 5.97 Å². The van der Waals surface area contributed by atoms with Crippen LogP contribution in [0.15, 0.2) is 12.4 Å². The van der Waals surface area contributed by atoms with Gasteiger partial charge < -0.3 is 40.5 Å². The maximum absolute atomic E-state index is 10.8. The van der Waals surface area contributed by atoms with Gasteiger partial charge in [0.05, 0.1) is 43.5 Å². The van der Waals surface area contributed by atoms with E-state index < -0.39 is 56.3 Å². The van der Waals surface area contributed by atoms with Crippen LogP contribution >= 0.6 is 0 Å². The summed E-state index contributed by atoms with van der Waals surface area (Å²) in [4.78, 5) is 19.0. The first-order valence-corrected chi connectivity index (χ1v) is 8.37. The van der Waals surface area contributed by atoms with Crippen LogP contribution in [0.1, 0.15) is 30.3 Å². The SMILES string of the molecule is O=C(O)CC[C@@H](O[C@@H](CO)[C@H](O)CO)c1cnc(C[C@H](O)[C@H](O)CO)cn1. The number of aliphatic hydroxyl groups is 6. The zero-order valence-corrected chi connectivity index (χ0v) is 14.6. The lowest BCUT2D eigenvalue weighted by molar-refractivity contribution is -0.140. The highest BCUT2D eigenvalue weighted by atomic mass is 16.5. The molecule has 0 saturated carbocycles. The third-order valence-corrected chi connectivity index (χ3v) is 3.86. The van der Waals surface area contributed by atoms with Crippen molar-refractivity contribution in [1.29, 1.82) is 0 Å². The molecule has 0 fully saturated rings. The lowest BCUT2D eigenvalue weighted by Crippen LogP contribution is -2.36. The van der Waals surface area contributed by atoms with E-state index in [1.807, 2.05) is 0 Å². The van der Waals surface area contributed by atoms with Crippen LogP contribution in [0.3, 0.4) is 0 Å². The first kappa shape index (κ1) is 23.3. The molecule has 11 heteroatoms. The predicted octanol–water partition coefficient (Wildman–Crippen LogP) is -2.63. The molecule has 5 atom stereocenters. The van der Waals surface area contributed by atoms with Gasteiger partial charge in [-0.05, 0) is 6.42 Å². The maximum atomic E-state index is 10.8. The van der Waals surface area contributed by atoms with Gasteiger partial charge in [-0.15, -0.1) is 0 Å². The molecule has 1 aromatic rings. The molecule has 0 saturated heterocycles. The van der Waals surface area contributed by atoms with E-state index in [0.29, 0.717) is 5.69 Å².